The molecule has 3 heteroatoms. The third-order valence-corrected chi connectivity index (χ3v) is 3.78. The van der Waals surface area contributed by atoms with Crippen LogP contribution in [0.3, 0.4) is 0 Å². The van der Waals surface area contributed by atoms with Crippen LogP contribution in [0.25, 0.3) is 0 Å². The van der Waals surface area contributed by atoms with E-state index < -0.39 is 0 Å². The maximum absolute atomic E-state index is 4.50. The largest absolute Gasteiger partial charge is 0.335 e. The molecule has 1 N–H and O–H groups in total. The molecule has 0 fully saturated rings. The third-order valence-electron chi connectivity index (χ3n) is 2.78. The van der Waals surface area contributed by atoms with Gasteiger partial charge in [0.2, 0.25) is 0 Å². The number of hydrogen-bond donors (Lipinski definition) is 1. The summed E-state index contributed by atoms with van der Waals surface area (Å²) in [5.74, 6) is 0. The van der Waals surface area contributed by atoms with Crippen LogP contribution in [0.15, 0.2) is 23.2 Å². The van der Waals surface area contributed by atoms with Crippen molar-refractivity contribution in [2.45, 2.75) is 32.4 Å². The Balaban J connectivity index is 2.20. The molecular weight excluding hydrogens is 216 g/mol. The standard InChI is InChI=1S/C13H18N2S/c1-4-11-7-5-6-9(2)12(11)15-13-14-8-10(3)16-13/h5-7,10H,4,8H2,1-3H3,(H,14,15). The van der Waals surface area contributed by atoms with E-state index in [4.69, 9.17) is 0 Å². The minimum absolute atomic E-state index is 0.608. The van der Waals surface area contributed by atoms with Gasteiger partial charge in [-0.15, -0.1) is 0 Å². The molecule has 0 saturated heterocycles. The van der Waals surface area contributed by atoms with Gasteiger partial charge in [0, 0.05) is 10.9 Å². The molecule has 0 saturated carbocycles. The summed E-state index contributed by atoms with van der Waals surface area (Å²) in [6, 6.07) is 6.44. The van der Waals surface area contributed by atoms with Gasteiger partial charge >= 0.3 is 0 Å². The maximum atomic E-state index is 4.50. The topological polar surface area (TPSA) is 24.4 Å². The van der Waals surface area contributed by atoms with Crippen molar-refractivity contribution in [1.29, 1.82) is 0 Å². The van der Waals surface area contributed by atoms with E-state index in [9.17, 15) is 0 Å². The Kier molecular flexibility index (Phi) is 3.54. The zero-order chi connectivity index (χ0) is 11.5. The van der Waals surface area contributed by atoms with Gasteiger partial charge in [-0.25, -0.2) is 0 Å². The molecule has 1 aromatic rings. The molecule has 1 aromatic carbocycles. The van der Waals surface area contributed by atoms with E-state index in [2.05, 4.69) is 49.3 Å². The van der Waals surface area contributed by atoms with Crippen LogP contribution in [0.1, 0.15) is 25.0 Å². The zero-order valence-electron chi connectivity index (χ0n) is 10.1. The van der Waals surface area contributed by atoms with Crippen molar-refractivity contribution in [2.24, 2.45) is 4.99 Å². The summed E-state index contributed by atoms with van der Waals surface area (Å²) in [4.78, 5) is 4.50. The van der Waals surface area contributed by atoms with Crippen molar-refractivity contribution in [3.8, 4) is 0 Å². The number of amidine groups is 1. The first-order valence-electron chi connectivity index (χ1n) is 5.77. The molecule has 2 rings (SSSR count). The molecule has 1 heterocycles. The molecule has 86 valence electrons. The smallest absolute Gasteiger partial charge is 0.161 e. The molecule has 1 aliphatic heterocycles. The number of rotatable bonds is 2. The monoisotopic (exact) mass is 234 g/mol. The van der Waals surface area contributed by atoms with Crippen molar-refractivity contribution in [3.05, 3.63) is 29.3 Å². The summed E-state index contributed by atoms with van der Waals surface area (Å²) in [5, 5.41) is 5.15. The van der Waals surface area contributed by atoms with E-state index in [1.807, 2.05) is 11.8 Å². The molecule has 0 bridgehead atoms. The van der Waals surface area contributed by atoms with Crippen molar-refractivity contribution >= 4 is 22.6 Å². The molecule has 2 nitrogen and oxygen atoms in total. The second-order valence-electron chi connectivity index (χ2n) is 4.16. The first-order valence-corrected chi connectivity index (χ1v) is 6.65. The predicted molar refractivity (Wildman–Crippen MR) is 73.5 cm³/mol. The number of anilines is 1. The molecule has 0 aromatic heterocycles. The quantitative estimate of drug-likeness (QED) is 0.847. The summed E-state index contributed by atoms with van der Waals surface area (Å²) >= 11 is 1.83. The van der Waals surface area contributed by atoms with Crippen LogP contribution in [0, 0.1) is 6.92 Å². The lowest BCUT2D eigenvalue weighted by molar-refractivity contribution is 0.976. The predicted octanol–water partition coefficient (Wildman–Crippen LogP) is 3.46. The maximum Gasteiger partial charge on any atom is 0.161 e. The first-order chi connectivity index (χ1) is 7.70. The van der Waals surface area contributed by atoms with E-state index in [0.29, 0.717) is 5.25 Å². The Morgan fingerprint density at radius 3 is 2.94 bits per heavy atom. The lowest BCUT2D eigenvalue weighted by atomic mass is 10.1. The molecule has 16 heavy (non-hydrogen) atoms. The summed E-state index contributed by atoms with van der Waals surface area (Å²) in [5.41, 5.74) is 3.90. The van der Waals surface area contributed by atoms with E-state index >= 15 is 0 Å². The number of aryl methyl sites for hydroxylation is 2. The highest BCUT2D eigenvalue weighted by molar-refractivity contribution is 8.15. The SMILES string of the molecule is CCc1cccc(C)c1NC1=NCC(C)S1. The van der Waals surface area contributed by atoms with Gasteiger partial charge in [0.25, 0.3) is 0 Å². The van der Waals surface area contributed by atoms with Crippen LogP contribution < -0.4 is 5.32 Å². The summed E-state index contributed by atoms with van der Waals surface area (Å²) < 4.78 is 0. The molecule has 1 aliphatic rings. The number of aliphatic imine (C=N–C) groups is 1. The van der Waals surface area contributed by atoms with Gasteiger partial charge in [-0.1, -0.05) is 43.8 Å². The second-order valence-corrected chi connectivity index (χ2v) is 5.59. The highest BCUT2D eigenvalue weighted by atomic mass is 32.2. The van der Waals surface area contributed by atoms with Gasteiger partial charge in [0.15, 0.2) is 5.17 Å². The average Bonchev–Trinajstić information content (AvgIpc) is 2.67. The lowest BCUT2D eigenvalue weighted by Gasteiger charge is -2.13. The normalized spacial score (nSPS) is 19.7. The number of thioether (sulfide) groups is 1. The minimum Gasteiger partial charge on any atom is -0.335 e. The van der Waals surface area contributed by atoms with E-state index in [1.165, 1.54) is 16.8 Å². The molecule has 0 radical (unpaired) electrons. The van der Waals surface area contributed by atoms with Crippen LogP contribution in [-0.4, -0.2) is 17.0 Å². The fraction of sp³-hybridized carbons (Fsp3) is 0.462. The van der Waals surface area contributed by atoms with Gasteiger partial charge in [0.1, 0.15) is 0 Å². The fourth-order valence-electron chi connectivity index (χ4n) is 1.85. The molecule has 0 amide bonds. The minimum atomic E-state index is 0.608. The van der Waals surface area contributed by atoms with E-state index in [-0.39, 0.29) is 0 Å². The third kappa shape index (κ3) is 2.40. The summed E-state index contributed by atoms with van der Waals surface area (Å²) in [6.45, 7) is 7.47. The number of nitrogens with one attached hydrogen (secondary N) is 1. The number of benzene rings is 1. The van der Waals surface area contributed by atoms with Crippen molar-refractivity contribution in [1.82, 2.24) is 0 Å². The molecule has 0 spiro atoms. The van der Waals surface area contributed by atoms with E-state index in [1.54, 1.807) is 0 Å². The number of para-hydroxylation sites is 1. The molecular formula is C13H18N2S. The van der Waals surface area contributed by atoms with Crippen LogP contribution in [0.4, 0.5) is 5.69 Å². The highest BCUT2D eigenvalue weighted by Crippen LogP contribution is 2.26. The van der Waals surface area contributed by atoms with Crippen LogP contribution in [0.2, 0.25) is 0 Å². The van der Waals surface area contributed by atoms with Gasteiger partial charge in [0.05, 0.1) is 6.54 Å². The Labute approximate surface area is 102 Å². The Morgan fingerprint density at radius 2 is 2.31 bits per heavy atom. The fourth-order valence-corrected chi connectivity index (χ4v) is 2.69. The van der Waals surface area contributed by atoms with Gasteiger partial charge in [-0.2, -0.15) is 0 Å². The molecule has 0 aliphatic carbocycles. The number of nitrogens with zero attached hydrogens (tertiary/aromatic N) is 1. The van der Waals surface area contributed by atoms with Crippen LogP contribution >= 0.6 is 11.8 Å². The Morgan fingerprint density at radius 1 is 1.50 bits per heavy atom. The zero-order valence-corrected chi connectivity index (χ0v) is 10.9. The van der Waals surface area contributed by atoms with Gasteiger partial charge in [-0.3, -0.25) is 4.99 Å². The van der Waals surface area contributed by atoms with Crippen molar-refractivity contribution < 1.29 is 0 Å². The highest BCUT2D eigenvalue weighted by Gasteiger charge is 2.16. The lowest BCUT2D eigenvalue weighted by Crippen LogP contribution is -2.09. The summed E-state index contributed by atoms with van der Waals surface area (Å²) in [7, 11) is 0. The molecule has 1 atom stereocenters. The second kappa shape index (κ2) is 4.91. The van der Waals surface area contributed by atoms with Crippen molar-refractivity contribution in [3.63, 3.8) is 0 Å². The Bertz CT molecular complexity index is 412. The van der Waals surface area contributed by atoms with Crippen LogP contribution in [-0.2, 0) is 6.42 Å². The van der Waals surface area contributed by atoms with Gasteiger partial charge < -0.3 is 5.32 Å². The summed E-state index contributed by atoms with van der Waals surface area (Å²) in [6.07, 6.45) is 1.05. The average molecular weight is 234 g/mol. The molecule has 1 unspecified atom stereocenters. The van der Waals surface area contributed by atoms with Gasteiger partial charge in [-0.05, 0) is 24.5 Å². The number of hydrogen-bond acceptors (Lipinski definition) is 3. The Hall–Kier alpha value is -0.960. The van der Waals surface area contributed by atoms with Crippen LogP contribution in [0.5, 0.6) is 0 Å². The first kappa shape index (κ1) is 11.5. The van der Waals surface area contributed by atoms with E-state index in [0.717, 1.165) is 18.1 Å². The van der Waals surface area contributed by atoms with Crippen molar-refractivity contribution in [2.75, 3.05) is 11.9 Å².